The van der Waals surface area contributed by atoms with Gasteiger partial charge >= 0.3 is 12.2 Å². The Bertz CT molecular complexity index is 657. The molecule has 1 rings (SSSR count). The normalized spacial score (nSPS) is 11.5. The molecular formula is C17H24N2O7. The zero-order valence-electron chi connectivity index (χ0n) is 15.8. The van der Waals surface area contributed by atoms with E-state index >= 15 is 0 Å². The number of hydrogen-bond acceptors (Lipinski definition) is 7. The molecule has 0 saturated heterocycles. The van der Waals surface area contributed by atoms with Gasteiger partial charge in [0.25, 0.3) is 5.69 Å². The van der Waals surface area contributed by atoms with Crippen molar-refractivity contribution in [2.75, 3.05) is 0 Å². The first-order valence-corrected chi connectivity index (χ1v) is 7.91. The predicted octanol–water partition coefficient (Wildman–Crippen LogP) is 4.20. The van der Waals surface area contributed by atoms with Crippen molar-refractivity contribution in [1.29, 1.82) is 0 Å². The van der Waals surface area contributed by atoms with Crippen molar-refractivity contribution in [3.8, 4) is 0 Å². The number of non-ortho nitro benzene ring substituents is 1. The molecule has 0 aromatic heterocycles. The molecule has 0 unspecified atom stereocenters. The van der Waals surface area contributed by atoms with Crippen molar-refractivity contribution in [2.24, 2.45) is 0 Å². The Kier molecular flexibility index (Phi) is 6.55. The van der Waals surface area contributed by atoms with Crippen molar-refractivity contribution in [3.63, 3.8) is 0 Å². The molecule has 0 fully saturated rings. The summed E-state index contributed by atoms with van der Waals surface area (Å²) in [5, 5.41) is 11.4. The first kappa shape index (κ1) is 21.2. The number of benzene rings is 1. The van der Waals surface area contributed by atoms with Gasteiger partial charge in [-0.05, 0) is 47.1 Å². The third-order valence-electron chi connectivity index (χ3n) is 2.64. The zero-order valence-corrected chi connectivity index (χ0v) is 15.8. The van der Waals surface area contributed by atoms with Gasteiger partial charge in [0.05, 0.1) is 11.5 Å². The van der Waals surface area contributed by atoms with Crippen LogP contribution >= 0.6 is 0 Å². The SMILES string of the molecule is CC(C)(C)OC(=O)ON(Cc1ccc([N+](=O)[O-])cc1)C(=O)OC(C)(C)C. The molecule has 9 heteroatoms. The molecule has 0 aliphatic rings. The minimum atomic E-state index is -1.06. The summed E-state index contributed by atoms with van der Waals surface area (Å²) in [5.41, 5.74) is -1.19. The summed E-state index contributed by atoms with van der Waals surface area (Å²) >= 11 is 0. The number of nitro benzene ring substituents is 1. The number of hydroxylamine groups is 2. The van der Waals surface area contributed by atoms with Crippen molar-refractivity contribution < 1.29 is 28.8 Å². The van der Waals surface area contributed by atoms with Crippen LogP contribution in [0.5, 0.6) is 0 Å². The standard InChI is InChI=1S/C17H24N2O7/c1-16(2,3)24-14(20)18(26-15(21)25-17(4,5)6)11-12-7-9-13(10-8-12)19(22)23/h7-10H,11H2,1-6H3. The Hall–Kier alpha value is -2.84. The fourth-order valence-electron chi connectivity index (χ4n) is 1.69. The van der Waals surface area contributed by atoms with Crippen LogP contribution < -0.4 is 0 Å². The molecule has 144 valence electrons. The van der Waals surface area contributed by atoms with Gasteiger partial charge in [0.1, 0.15) is 11.2 Å². The fraction of sp³-hybridized carbons (Fsp3) is 0.529. The Morgan fingerprint density at radius 1 is 1.00 bits per heavy atom. The summed E-state index contributed by atoms with van der Waals surface area (Å²) in [6, 6.07) is 5.48. The number of ether oxygens (including phenoxy) is 2. The van der Waals surface area contributed by atoms with Crippen LogP contribution in [0.25, 0.3) is 0 Å². The highest BCUT2D eigenvalue weighted by Gasteiger charge is 2.28. The number of nitrogens with zero attached hydrogens (tertiary/aromatic N) is 2. The largest absolute Gasteiger partial charge is 0.534 e. The van der Waals surface area contributed by atoms with Crippen molar-refractivity contribution in [1.82, 2.24) is 5.06 Å². The molecule has 0 aliphatic carbocycles. The van der Waals surface area contributed by atoms with Gasteiger partial charge in [-0.15, -0.1) is 5.06 Å². The van der Waals surface area contributed by atoms with Gasteiger partial charge in [-0.25, -0.2) is 9.59 Å². The third-order valence-corrected chi connectivity index (χ3v) is 2.64. The second kappa shape index (κ2) is 8.03. The van der Waals surface area contributed by atoms with E-state index in [1.807, 2.05) is 0 Å². The van der Waals surface area contributed by atoms with Crippen LogP contribution in [0.4, 0.5) is 15.3 Å². The van der Waals surface area contributed by atoms with E-state index in [-0.39, 0.29) is 12.2 Å². The average molecular weight is 368 g/mol. The van der Waals surface area contributed by atoms with E-state index in [9.17, 15) is 19.7 Å². The second-order valence-electron chi connectivity index (χ2n) is 7.50. The number of carbonyl (C=O) groups excluding carboxylic acids is 2. The van der Waals surface area contributed by atoms with Crippen LogP contribution in [0.15, 0.2) is 24.3 Å². The first-order chi connectivity index (χ1) is 11.8. The molecule has 0 N–H and O–H groups in total. The minimum absolute atomic E-state index is 0.0920. The Balaban J connectivity index is 2.94. The number of amides is 1. The summed E-state index contributed by atoms with van der Waals surface area (Å²) in [6.45, 7) is 9.81. The summed E-state index contributed by atoms with van der Waals surface area (Å²) < 4.78 is 10.2. The maximum atomic E-state index is 12.3. The predicted molar refractivity (Wildman–Crippen MR) is 92.2 cm³/mol. The van der Waals surface area contributed by atoms with Gasteiger partial charge in [-0.3, -0.25) is 15.0 Å². The van der Waals surface area contributed by atoms with Crippen LogP contribution in [-0.2, 0) is 20.9 Å². The summed E-state index contributed by atoms with van der Waals surface area (Å²) in [4.78, 5) is 39.3. The molecule has 1 amide bonds. The van der Waals surface area contributed by atoms with Crippen molar-refractivity contribution in [2.45, 2.75) is 59.3 Å². The molecule has 0 radical (unpaired) electrons. The van der Waals surface area contributed by atoms with Crippen LogP contribution in [0.1, 0.15) is 47.1 Å². The second-order valence-corrected chi connectivity index (χ2v) is 7.50. The van der Waals surface area contributed by atoms with E-state index in [1.165, 1.54) is 24.3 Å². The first-order valence-electron chi connectivity index (χ1n) is 7.91. The van der Waals surface area contributed by atoms with Crippen molar-refractivity contribution in [3.05, 3.63) is 39.9 Å². The minimum Gasteiger partial charge on any atom is -0.442 e. The lowest BCUT2D eigenvalue weighted by Gasteiger charge is -2.27. The Morgan fingerprint density at radius 3 is 1.92 bits per heavy atom. The third kappa shape index (κ3) is 7.82. The topological polar surface area (TPSA) is 108 Å². The molecule has 0 saturated carbocycles. The number of hydrogen-bond donors (Lipinski definition) is 0. The number of carbonyl (C=O) groups is 2. The van der Waals surface area contributed by atoms with E-state index in [1.54, 1.807) is 41.5 Å². The molecule has 26 heavy (non-hydrogen) atoms. The van der Waals surface area contributed by atoms with Gasteiger partial charge in [0, 0.05) is 12.1 Å². The summed E-state index contributed by atoms with van der Waals surface area (Å²) in [7, 11) is 0. The van der Waals surface area contributed by atoms with Crippen LogP contribution in [0.2, 0.25) is 0 Å². The lowest BCUT2D eigenvalue weighted by atomic mass is 10.2. The lowest BCUT2D eigenvalue weighted by molar-refractivity contribution is -0.384. The van der Waals surface area contributed by atoms with Gasteiger partial charge < -0.3 is 9.47 Å². The highest BCUT2D eigenvalue weighted by Crippen LogP contribution is 2.17. The molecule has 0 heterocycles. The monoisotopic (exact) mass is 368 g/mol. The molecule has 1 aromatic carbocycles. The van der Waals surface area contributed by atoms with E-state index in [0.717, 1.165) is 0 Å². The van der Waals surface area contributed by atoms with E-state index in [0.29, 0.717) is 10.6 Å². The highest BCUT2D eigenvalue weighted by molar-refractivity contribution is 5.70. The van der Waals surface area contributed by atoms with Gasteiger partial charge in [0.15, 0.2) is 0 Å². The van der Waals surface area contributed by atoms with Crippen LogP contribution in [0, 0.1) is 10.1 Å². The van der Waals surface area contributed by atoms with Crippen molar-refractivity contribution >= 4 is 17.9 Å². The van der Waals surface area contributed by atoms with Crippen LogP contribution in [0.3, 0.4) is 0 Å². The molecule has 9 nitrogen and oxygen atoms in total. The summed E-state index contributed by atoms with van der Waals surface area (Å²) in [5.74, 6) is 0. The number of rotatable bonds is 3. The van der Waals surface area contributed by atoms with Gasteiger partial charge in [0.2, 0.25) is 0 Å². The lowest BCUT2D eigenvalue weighted by Crippen LogP contribution is -2.39. The average Bonchev–Trinajstić information content (AvgIpc) is 2.43. The molecule has 0 atom stereocenters. The molecular weight excluding hydrogens is 344 g/mol. The molecule has 1 aromatic rings. The molecule has 0 aliphatic heterocycles. The number of nitro groups is 1. The van der Waals surface area contributed by atoms with E-state index in [4.69, 9.17) is 14.3 Å². The van der Waals surface area contributed by atoms with E-state index < -0.39 is 28.4 Å². The Morgan fingerprint density at radius 2 is 1.50 bits per heavy atom. The Labute approximate surface area is 151 Å². The van der Waals surface area contributed by atoms with Gasteiger partial charge in [-0.2, -0.15) is 0 Å². The summed E-state index contributed by atoms with van der Waals surface area (Å²) in [6.07, 6.45) is -1.95. The smallest absolute Gasteiger partial charge is 0.442 e. The van der Waals surface area contributed by atoms with E-state index in [2.05, 4.69) is 0 Å². The fourth-order valence-corrected chi connectivity index (χ4v) is 1.69. The van der Waals surface area contributed by atoms with Crippen LogP contribution in [-0.4, -0.2) is 33.4 Å². The maximum Gasteiger partial charge on any atom is 0.534 e. The van der Waals surface area contributed by atoms with Gasteiger partial charge in [-0.1, -0.05) is 12.1 Å². The quantitative estimate of drug-likeness (QED) is 0.447. The maximum absolute atomic E-state index is 12.3. The highest BCUT2D eigenvalue weighted by atomic mass is 16.8. The zero-order chi connectivity index (χ0) is 20.1. The molecule has 0 spiro atoms. The molecule has 0 bridgehead atoms.